The van der Waals surface area contributed by atoms with Crippen LogP contribution >= 0.6 is 46.4 Å². The van der Waals surface area contributed by atoms with Crippen LogP contribution in [0.2, 0.25) is 20.1 Å². The fourth-order valence-electron chi connectivity index (χ4n) is 3.74. The molecule has 0 aromatic carbocycles. The van der Waals surface area contributed by atoms with Gasteiger partial charge in [0.2, 0.25) is 0 Å². The van der Waals surface area contributed by atoms with Gasteiger partial charge in [-0.3, -0.25) is 19.9 Å². The van der Waals surface area contributed by atoms with Crippen LogP contribution in [0.3, 0.4) is 0 Å². The second kappa shape index (κ2) is 14.1. The Hall–Kier alpha value is -4.20. The van der Waals surface area contributed by atoms with Crippen molar-refractivity contribution in [2.45, 2.75) is 0 Å². The molecule has 0 radical (unpaired) electrons. The summed E-state index contributed by atoms with van der Waals surface area (Å²) in [5.41, 5.74) is 5.56. The second-order valence-electron chi connectivity index (χ2n) is 8.69. The Morgan fingerprint density at radius 1 is 0.357 bits per heavy atom. The Morgan fingerprint density at radius 3 is 0.810 bits per heavy atom. The molecule has 0 fully saturated rings. The lowest BCUT2D eigenvalue weighted by Gasteiger charge is -2.08. The minimum atomic E-state index is 0.517. The third-order valence-corrected chi connectivity index (χ3v) is 7.17. The summed E-state index contributed by atoms with van der Waals surface area (Å²) in [6.45, 7) is 0. The lowest BCUT2D eigenvalue weighted by atomic mass is 10.1. The van der Waals surface area contributed by atoms with Crippen molar-refractivity contribution in [2.75, 3.05) is 0 Å². The highest BCUT2D eigenvalue weighted by Gasteiger charge is 2.10. The molecule has 0 aliphatic heterocycles. The van der Waals surface area contributed by atoms with Gasteiger partial charge in [0.1, 0.15) is 0 Å². The number of hydrogen-bond donors (Lipinski definition) is 0. The standard InChI is InChI=1S/C32H20Cl4N6/c33-25-17-37-13-9-21(25)1-5-29-30(6-2-22-10-14-38-18-26(22)34)42-32(8-4-24-12-16-40-20-28(24)36)31(41-29)7-3-23-11-15-39-19-27(23)35/h1-20H. The second-order valence-corrected chi connectivity index (χ2v) is 10.3. The molecule has 42 heavy (non-hydrogen) atoms. The highest BCUT2D eigenvalue weighted by atomic mass is 35.5. The van der Waals surface area contributed by atoms with E-state index >= 15 is 0 Å². The van der Waals surface area contributed by atoms with Gasteiger partial charge in [-0.25, -0.2) is 9.97 Å². The number of pyridine rings is 4. The van der Waals surface area contributed by atoms with E-state index in [2.05, 4.69) is 19.9 Å². The maximum absolute atomic E-state index is 6.35. The smallest absolute Gasteiger partial charge is 0.0894 e. The zero-order valence-electron chi connectivity index (χ0n) is 21.7. The van der Waals surface area contributed by atoms with Crippen LogP contribution in [-0.2, 0) is 0 Å². The fraction of sp³-hybridized carbons (Fsp3) is 0. The van der Waals surface area contributed by atoms with Gasteiger partial charge in [0.25, 0.3) is 0 Å². The first-order valence-corrected chi connectivity index (χ1v) is 14.0. The summed E-state index contributed by atoms with van der Waals surface area (Å²) in [5.74, 6) is 0. The molecule has 0 unspecified atom stereocenters. The van der Waals surface area contributed by atoms with Gasteiger partial charge in [-0.2, -0.15) is 0 Å². The van der Waals surface area contributed by atoms with Gasteiger partial charge in [-0.15, -0.1) is 0 Å². The van der Waals surface area contributed by atoms with E-state index in [-0.39, 0.29) is 0 Å². The monoisotopic (exact) mass is 628 g/mol. The van der Waals surface area contributed by atoms with E-state index in [1.54, 1.807) is 49.6 Å². The average Bonchev–Trinajstić information content (AvgIpc) is 3.00. The van der Waals surface area contributed by atoms with Gasteiger partial charge in [-0.1, -0.05) is 70.7 Å². The number of hydrogen-bond acceptors (Lipinski definition) is 6. The molecular weight excluding hydrogens is 610 g/mol. The minimum absolute atomic E-state index is 0.517. The van der Waals surface area contributed by atoms with E-state index in [1.165, 1.54) is 0 Å². The minimum Gasteiger partial charge on any atom is -0.263 e. The molecule has 0 aliphatic rings. The van der Waals surface area contributed by atoms with E-state index in [0.29, 0.717) is 42.9 Å². The van der Waals surface area contributed by atoms with Gasteiger partial charge in [0.15, 0.2) is 0 Å². The molecule has 0 saturated heterocycles. The van der Waals surface area contributed by atoms with E-state index in [4.69, 9.17) is 56.4 Å². The van der Waals surface area contributed by atoms with Crippen molar-refractivity contribution in [1.29, 1.82) is 0 Å². The lowest BCUT2D eigenvalue weighted by molar-refractivity contribution is 1.12. The van der Waals surface area contributed by atoms with Crippen LogP contribution in [0.25, 0.3) is 48.6 Å². The third-order valence-electron chi connectivity index (χ3n) is 5.90. The van der Waals surface area contributed by atoms with Crippen LogP contribution in [0, 0.1) is 0 Å². The predicted molar refractivity (Wildman–Crippen MR) is 175 cm³/mol. The topological polar surface area (TPSA) is 77.3 Å². The van der Waals surface area contributed by atoms with Crippen LogP contribution < -0.4 is 0 Å². The van der Waals surface area contributed by atoms with E-state index in [1.807, 2.05) is 72.9 Å². The first-order valence-electron chi connectivity index (χ1n) is 12.5. The fourth-order valence-corrected chi connectivity index (χ4v) is 4.47. The van der Waals surface area contributed by atoms with Crippen LogP contribution in [0.4, 0.5) is 0 Å². The van der Waals surface area contributed by atoms with Crippen LogP contribution in [-0.4, -0.2) is 29.9 Å². The van der Waals surface area contributed by atoms with Gasteiger partial charge in [0.05, 0.1) is 42.9 Å². The van der Waals surface area contributed by atoms with Crippen molar-refractivity contribution >= 4 is 95.0 Å². The summed E-state index contributed by atoms with van der Waals surface area (Å²) in [4.78, 5) is 26.2. The Morgan fingerprint density at radius 2 is 0.595 bits per heavy atom. The van der Waals surface area contributed by atoms with Gasteiger partial charge >= 0.3 is 0 Å². The molecule has 5 aromatic rings. The van der Waals surface area contributed by atoms with Crippen molar-refractivity contribution in [1.82, 2.24) is 29.9 Å². The molecule has 6 nitrogen and oxygen atoms in total. The average molecular weight is 630 g/mol. The zero-order valence-corrected chi connectivity index (χ0v) is 24.8. The molecule has 0 spiro atoms. The van der Waals surface area contributed by atoms with Gasteiger partial charge in [0, 0.05) is 49.6 Å². The van der Waals surface area contributed by atoms with E-state index in [0.717, 1.165) is 22.3 Å². The first kappa shape index (κ1) is 29.3. The molecule has 0 bridgehead atoms. The summed E-state index contributed by atoms with van der Waals surface area (Å²) >= 11 is 25.4. The molecule has 5 heterocycles. The zero-order chi connectivity index (χ0) is 29.3. The third kappa shape index (κ3) is 7.55. The van der Waals surface area contributed by atoms with Crippen LogP contribution in [0.15, 0.2) is 73.8 Å². The molecule has 0 atom stereocenters. The highest BCUT2D eigenvalue weighted by Crippen LogP contribution is 2.24. The molecule has 0 saturated carbocycles. The highest BCUT2D eigenvalue weighted by molar-refractivity contribution is 6.33. The SMILES string of the molecule is Clc1cnccc1C=Cc1nc(C=Cc2ccncc2Cl)c(C=Cc2ccncc2Cl)nc1C=Cc1ccncc1Cl. The van der Waals surface area contributed by atoms with E-state index < -0.39 is 0 Å². The molecule has 5 aromatic heterocycles. The molecule has 5 rings (SSSR count). The van der Waals surface area contributed by atoms with Crippen molar-refractivity contribution in [3.63, 3.8) is 0 Å². The summed E-state index contributed by atoms with van der Waals surface area (Å²) in [6, 6.07) is 7.28. The van der Waals surface area contributed by atoms with E-state index in [9.17, 15) is 0 Å². The quantitative estimate of drug-likeness (QED) is 0.170. The van der Waals surface area contributed by atoms with Crippen LogP contribution in [0.5, 0.6) is 0 Å². The normalized spacial score (nSPS) is 11.9. The molecule has 206 valence electrons. The first-order chi connectivity index (χ1) is 20.5. The summed E-state index contributed by atoms with van der Waals surface area (Å²) in [6.07, 6.45) is 27.9. The predicted octanol–water partition coefficient (Wildman–Crippen LogP) is 9.35. The number of halogens is 4. The molecular formula is C32H20Cl4N6. The Labute approximate surface area is 262 Å². The maximum atomic E-state index is 6.35. The number of rotatable bonds is 8. The molecule has 0 aliphatic carbocycles. The van der Waals surface area contributed by atoms with Crippen molar-refractivity contribution in [3.8, 4) is 0 Å². The molecule has 0 N–H and O–H groups in total. The Kier molecular flexibility index (Phi) is 9.85. The van der Waals surface area contributed by atoms with Crippen molar-refractivity contribution < 1.29 is 0 Å². The molecule has 0 amide bonds. The van der Waals surface area contributed by atoms with Gasteiger partial charge in [-0.05, 0) is 70.8 Å². The number of nitrogens with zero attached hydrogens (tertiary/aromatic N) is 6. The van der Waals surface area contributed by atoms with Gasteiger partial charge < -0.3 is 0 Å². The lowest BCUT2D eigenvalue weighted by Crippen LogP contribution is -2.00. The molecule has 10 heteroatoms. The number of aromatic nitrogens is 6. The maximum Gasteiger partial charge on any atom is 0.0894 e. The Bertz CT molecular complexity index is 1590. The van der Waals surface area contributed by atoms with Crippen molar-refractivity contribution in [3.05, 3.63) is 139 Å². The summed E-state index contributed by atoms with van der Waals surface area (Å²) < 4.78 is 0. The summed E-state index contributed by atoms with van der Waals surface area (Å²) in [5, 5.41) is 2.07. The van der Waals surface area contributed by atoms with Crippen molar-refractivity contribution in [2.24, 2.45) is 0 Å². The summed E-state index contributed by atoms with van der Waals surface area (Å²) in [7, 11) is 0. The largest absolute Gasteiger partial charge is 0.263 e. The Balaban J connectivity index is 1.66. The van der Waals surface area contributed by atoms with Crippen LogP contribution in [0.1, 0.15) is 45.0 Å².